The molecule has 2 aromatic heterocycles. The van der Waals surface area contributed by atoms with Gasteiger partial charge in [-0.2, -0.15) is 0 Å². The second kappa shape index (κ2) is 6.77. The molecular formula is C20H27N3O2. The highest BCUT2D eigenvalue weighted by Gasteiger charge is 2.30. The summed E-state index contributed by atoms with van der Waals surface area (Å²) < 4.78 is 5.51. The molecule has 1 aliphatic carbocycles. The summed E-state index contributed by atoms with van der Waals surface area (Å²) in [5, 5.41) is 5.06. The van der Waals surface area contributed by atoms with E-state index in [9.17, 15) is 4.79 Å². The van der Waals surface area contributed by atoms with E-state index in [2.05, 4.69) is 24.0 Å². The second-order valence-corrected chi connectivity index (χ2v) is 7.76. The Balaban J connectivity index is 1.75. The molecule has 25 heavy (non-hydrogen) atoms. The van der Waals surface area contributed by atoms with Gasteiger partial charge in [-0.25, -0.2) is 4.98 Å². The summed E-state index contributed by atoms with van der Waals surface area (Å²) in [6.07, 6.45) is 7.47. The van der Waals surface area contributed by atoms with E-state index < -0.39 is 0 Å². The van der Waals surface area contributed by atoms with Gasteiger partial charge in [-0.05, 0) is 50.5 Å². The lowest BCUT2D eigenvalue weighted by molar-refractivity contribution is 0.0762. The predicted molar refractivity (Wildman–Crippen MR) is 96.7 cm³/mol. The highest BCUT2D eigenvalue weighted by Crippen LogP contribution is 2.40. The highest BCUT2D eigenvalue weighted by atomic mass is 16.5. The number of aryl methyl sites for hydroxylation is 1. The number of carbonyl (C=O) groups is 1. The molecule has 2 fully saturated rings. The van der Waals surface area contributed by atoms with E-state index in [1.54, 1.807) is 0 Å². The second-order valence-electron chi connectivity index (χ2n) is 7.76. The van der Waals surface area contributed by atoms with E-state index in [0.29, 0.717) is 17.5 Å². The summed E-state index contributed by atoms with van der Waals surface area (Å²) in [6, 6.07) is 2.02. The summed E-state index contributed by atoms with van der Waals surface area (Å²) in [5.41, 5.74) is 3.17. The fourth-order valence-corrected chi connectivity index (χ4v) is 3.83. The molecular weight excluding hydrogens is 314 g/mol. The molecule has 0 radical (unpaired) electrons. The predicted octanol–water partition coefficient (Wildman–Crippen LogP) is 4.31. The maximum absolute atomic E-state index is 13.4. The first-order chi connectivity index (χ1) is 12.2. The molecule has 5 heteroatoms. The summed E-state index contributed by atoms with van der Waals surface area (Å²) in [7, 11) is 0. The van der Waals surface area contributed by atoms with Crippen molar-refractivity contribution in [1.29, 1.82) is 0 Å². The number of nitrogens with zero attached hydrogens (tertiary/aromatic N) is 3. The normalized spacial score (nSPS) is 21.5. The van der Waals surface area contributed by atoms with Gasteiger partial charge in [0.1, 0.15) is 0 Å². The van der Waals surface area contributed by atoms with Gasteiger partial charge in [-0.15, -0.1) is 0 Å². The number of pyridine rings is 1. The Bertz CT molecular complexity index is 779. The van der Waals surface area contributed by atoms with Gasteiger partial charge in [-0.1, -0.05) is 25.4 Å². The van der Waals surface area contributed by atoms with Crippen molar-refractivity contribution in [2.45, 2.75) is 64.7 Å². The zero-order valence-corrected chi connectivity index (χ0v) is 15.3. The van der Waals surface area contributed by atoms with Crippen LogP contribution in [0.2, 0.25) is 0 Å². The minimum atomic E-state index is 0.129. The lowest BCUT2D eigenvalue weighted by atomic mass is 10.0. The largest absolute Gasteiger partial charge is 0.339 e. The first-order valence-corrected chi connectivity index (χ1v) is 9.75. The van der Waals surface area contributed by atoms with Crippen molar-refractivity contribution in [1.82, 2.24) is 15.0 Å². The molecule has 0 spiro atoms. The lowest BCUT2D eigenvalue weighted by Crippen LogP contribution is -2.32. The molecule has 4 rings (SSSR count). The SMILES string of the molecule is CCCc1noc2nc(C3CC3)cc(C(=O)N3CCCC(C)CC3)c12. The van der Waals surface area contributed by atoms with Crippen LogP contribution in [0.25, 0.3) is 11.1 Å². The minimum absolute atomic E-state index is 0.129. The first-order valence-electron chi connectivity index (χ1n) is 9.75. The highest BCUT2D eigenvalue weighted by molar-refractivity contribution is 6.06. The van der Waals surface area contributed by atoms with Crippen molar-refractivity contribution in [2.24, 2.45) is 5.92 Å². The fraction of sp³-hybridized carbons (Fsp3) is 0.650. The van der Waals surface area contributed by atoms with Gasteiger partial charge < -0.3 is 9.42 Å². The molecule has 1 unspecified atom stereocenters. The number of hydrogen-bond acceptors (Lipinski definition) is 4. The third kappa shape index (κ3) is 3.29. The molecule has 0 N–H and O–H groups in total. The Morgan fingerprint density at radius 2 is 2.12 bits per heavy atom. The van der Waals surface area contributed by atoms with Crippen LogP contribution in [0.1, 0.15) is 80.0 Å². The van der Waals surface area contributed by atoms with E-state index >= 15 is 0 Å². The Hall–Kier alpha value is -1.91. The number of fused-ring (bicyclic) bond motifs is 1. The summed E-state index contributed by atoms with van der Waals surface area (Å²) in [4.78, 5) is 20.0. The van der Waals surface area contributed by atoms with Gasteiger partial charge in [0.15, 0.2) is 0 Å². The van der Waals surface area contributed by atoms with Gasteiger partial charge in [0, 0.05) is 24.7 Å². The average molecular weight is 341 g/mol. The van der Waals surface area contributed by atoms with Crippen molar-refractivity contribution < 1.29 is 9.32 Å². The van der Waals surface area contributed by atoms with Crippen molar-refractivity contribution >= 4 is 17.0 Å². The number of amides is 1. The first kappa shape index (κ1) is 16.6. The van der Waals surface area contributed by atoms with Gasteiger partial charge >= 0.3 is 0 Å². The number of hydrogen-bond donors (Lipinski definition) is 0. The van der Waals surface area contributed by atoms with Gasteiger partial charge in [0.25, 0.3) is 11.6 Å². The zero-order valence-electron chi connectivity index (χ0n) is 15.3. The van der Waals surface area contributed by atoms with E-state index in [-0.39, 0.29) is 5.91 Å². The topological polar surface area (TPSA) is 59.2 Å². The van der Waals surface area contributed by atoms with Crippen molar-refractivity contribution in [3.63, 3.8) is 0 Å². The summed E-state index contributed by atoms with van der Waals surface area (Å²) >= 11 is 0. The molecule has 1 saturated carbocycles. The van der Waals surface area contributed by atoms with Crippen LogP contribution < -0.4 is 0 Å². The van der Waals surface area contributed by atoms with E-state index in [1.807, 2.05) is 11.0 Å². The molecule has 134 valence electrons. The number of rotatable bonds is 4. The van der Waals surface area contributed by atoms with Crippen molar-refractivity contribution in [3.8, 4) is 0 Å². The molecule has 2 aromatic rings. The van der Waals surface area contributed by atoms with Crippen molar-refractivity contribution in [2.75, 3.05) is 13.1 Å². The summed E-state index contributed by atoms with van der Waals surface area (Å²) in [6.45, 7) is 6.09. The van der Waals surface area contributed by atoms with Crippen LogP contribution in [-0.2, 0) is 6.42 Å². The van der Waals surface area contributed by atoms with Crippen LogP contribution in [0.5, 0.6) is 0 Å². The van der Waals surface area contributed by atoms with Crippen LogP contribution in [0, 0.1) is 5.92 Å². The van der Waals surface area contributed by atoms with Crippen LogP contribution in [0.4, 0.5) is 0 Å². The monoisotopic (exact) mass is 341 g/mol. The maximum atomic E-state index is 13.4. The van der Waals surface area contributed by atoms with Crippen LogP contribution >= 0.6 is 0 Å². The molecule has 1 atom stereocenters. The molecule has 1 amide bonds. The number of aromatic nitrogens is 2. The smallest absolute Gasteiger partial charge is 0.259 e. The van der Waals surface area contributed by atoms with E-state index in [1.165, 1.54) is 6.42 Å². The van der Waals surface area contributed by atoms with Gasteiger partial charge in [0.2, 0.25) is 0 Å². The molecule has 5 nitrogen and oxygen atoms in total. The number of likely N-dealkylation sites (tertiary alicyclic amines) is 1. The van der Waals surface area contributed by atoms with Crippen LogP contribution in [0.15, 0.2) is 10.6 Å². The van der Waals surface area contributed by atoms with Gasteiger partial charge in [-0.3, -0.25) is 4.79 Å². The molecule has 3 heterocycles. The standard InChI is InChI=1S/C20H27N3O2/c1-3-5-16-18-15(20(24)23-10-4-6-13(2)9-11-23)12-17(14-7-8-14)21-19(18)25-22-16/h12-14H,3-11H2,1-2H3. The van der Waals surface area contributed by atoms with Gasteiger partial charge in [0.05, 0.1) is 16.6 Å². The maximum Gasteiger partial charge on any atom is 0.259 e. The van der Waals surface area contributed by atoms with Crippen LogP contribution in [0.3, 0.4) is 0 Å². The lowest BCUT2D eigenvalue weighted by Gasteiger charge is -2.21. The molecule has 2 aliphatic rings. The number of carbonyl (C=O) groups excluding carboxylic acids is 1. The minimum Gasteiger partial charge on any atom is -0.339 e. The Morgan fingerprint density at radius 1 is 1.28 bits per heavy atom. The quantitative estimate of drug-likeness (QED) is 0.831. The fourth-order valence-electron chi connectivity index (χ4n) is 3.83. The Labute approximate surface area is 148 Å². The third-order valence-electron chi connectivity index (χ3n) is 5.55. The summed E-state index contributed by atoms with van der Waals surface area (Å²) in [5.74, 6) is 1.31. The Kier molecular flexibility index (Phi) is 4.48. The van der Waals surface area contributed by atoms with E-state index in [4.69, 9.17) is 4.52 Å². The molecule has 0 bridgehead atoms. The zero-order chi connectivity index (χ0) is 17.4. The van der Waals surface area contributed by atoms with E-state index in [0.717, 1.165) is 74.0 Å². The van der Waals surface area contributed by atoms with Crippen LogP contribution in [-0.4, -0.2) is 34.0 Å². The molecule has 0 aromatic carbocycles. The Morgan fingerprint density at radius 3 is 2.88 bits per heavy atom. The molecule has 1 aliphatic heterocycles. The van der Waals surface area contributed by atoms with Crippen molar-refractivity contribution in [3.05, 3.63) is 23.0 Å². The average Bonchev–Trinajstić information content (AvgIpc) is 3.41. The molecule has 1 saturated heterocycles. The third-order valence-corrected chi connectivity index (χ3v) is 5.55.